The van der Waals surface area contributed by atoms with E-state index in [0.717, 1.165) is 18.5 Å². The molecule has 17 heavy (non-hydrogen) atoms. The average Bonchev–Trinajstić information content (AvgIpc) is 2.87. The minimum atomic E-state index is -0.750. The molecule has 0 amide bonds. The molecule has 94 valence electrons. The molecule has 2 rings (SSSR count). The van der Waals surface area contributed by atoms with Crippen molar-refractivity contribution in [3.05, 3.63) is 18.0 Å². The highest BCUT2D eigenvalue weighted by Crippen LogP contribution is 2.16. The molecule has 1 aliphatic heterocycles. The zero-order valence-electron chi connectivity index (χ0n) is 10.3. The van der Waals surface area contributed by atoms with E-state index in [0.29, 0.717) is 12.5 Å². The van der Waals surface area contributed by atoms with Crippen molar-refractivity contribution in [2.75, 3.05) is 0 Å². The minimum Gasteiger partial charge on any atom is -0.480 e. The molecule has 2 heterocycles. The molecule has 5 heteroatoms. The molecule has 1 aromatic rings. The van der Waals surface area contributed by atoms with Gasteiger partial charge >= 0.3 is 5.97 Å². The third-order valence-corrected chi connectivity index (χ3v) is 3.19. The molecule has 0 saturated carbocycles. The topological polar surface area (TPSA) is 67.2 Å². The molecule has 5 nitrogen and oxygen atoms in total. The predicted molar refractivity (Wildman–Crippen MR) is 63.9 cm³/mol. The zero-order chi connectivity index (χ0) is 12.4. The number of nitrogens with zero attached hydrogens (tertiary/aromatic N) is 2. The average molecular weight is 237 g/mol. The lowest BCUT2D eigenvalue weighted by Gasteiger charge is -2.10. The van der Waals surface area contributed by atoms with Gasteiger partial charge in [0.15, 0.2) is 0 Å². The Bertz CT molecular complexity index is 400. The van der Waals surface area contributed by atoms with E-state index in [4.69, 9.17) is 5.11 Å². The first-order valence-electron chi connectivity index (χ1n) is 6.09. The van der Waals surface area contributed by atoms with E-state index in [9.17, 15) is 4.79 Å². The zero-order valence-corrected chi connectivity index (χ0v) is 10.3. The van der Waals surface area contributed by atoms with Gasteiger partial charge in [-0.15, -0.1) is 0 Å². The van der Waals surface area contributed by atoms with Crippen molar-refractivity contribution in [2.24, 2.45) is 0 Å². The molecule has 1 aromatic heterocycles. The van der Waals surface area contributed by atoms with Crippen molar-refractivity contribution in [3.63, 3.8) is 0 Å². The number of rotatable bonds is 4. The van der Waals surface area contributed by atoms with E-state index in [-0.39, 0.29) is 12.1 Å². The third kappa shape index (κ3) is 2.85. The van der Waals surface area contributed by atoms with Crippen LogP contribution in [0.25, 0.3) is 0 Å². The van der Waals surface area contributed by atoms with Gasteiger partial charge in [0, 0.05) is 24.7 Å². The van der Waals surface area contributed by atoms with Gasteiger partial charge in [0.2, 0.25) is 0 Å². The maximum atomic E-state index is 10.8. The highest BCUT2D eigenvalue weighted by Gasteiger charge is 2.28. The standard InChI is InChI=1S/C12H19N3O2/c1-8(2)15-6-5-10(14-15)7-9-3-4-11(13-9)12(16)17/h5-6,8-9,11,13H,3-4,7H2,1-2H3,(H,16,17). The summed E-state index contributed by atoms with van der Waals surface area (Å²) in [7, 11) is 0. The summed E-state index contributed by atoms with van der Waals surface area (Å²) in [6.45, 7) is 4.18. The summed E-state index contributed by atoms with van der Waals surface area (Å²) in [5.41, 5.74) is 1.03. The molecule has 0 aromatic carbocycles. The first-order chi connectivity index (χ1) is 8.06. The predicted octanol–water partition coefficient (Wildman–Crippen LogP) is 1.21. The first kappa shape index (κ1) is 12.1. The quantitative estimate of drug-likeness (QED) is 0.826. The molecule has 2 unspecified atom stereocenters. The van der Waals surface area contributed by atoms with E-state index < -0.39 is 5.97 Å². The van der Waals surface area contributed by atoms with Crippen molar-refractivity contribution in [3.8, 4) is 0 Å². The molecular weight excluding hydrogens is 218 g/mol. The lowest BCUT2D eigenvalue weighted by molar-refractivity contribution is -0.139. The van der Waals surface area contributed by atoms with E-state index in [1.807, 2.05) is 16.9 Å². The fourth-order valence-corrected chi connectivity index (χ4v) is 2.20. The molecule has 2 N–H and O–H groups in total. The summed E-state index contributed by atoms with van der Waals surface area (Å²) in [5.74, 6) is -0.750. The Kier molecular flexibility index (Phi) is 3.47. The van der Waals surface area contributed by atoms with Gasteiger partial charge in [-0.3, -0.25) is 9.48 Å². The summed E-state index contributed by atoms with van der Waals surface area (Å²) in [4.78, 5) is 10.8. The number of aliphatic carboxylic acids is 1. The molecule has 1 aliphatic rings. The SMILES string of the molecule is CC(C)n1ccc(CC2CCC(C(=O)O)N2)n1. The van der Waals surface area contributed by atoms with E-state index in [1.165, 1.54) is 0 Å². The lowest BCUT2D eigenvalue weighted by atomic mass is 10.1. The lowest BCUT2D eigenvalue weighted by Crippen LogP contribution is -2.36. The molecule has 0 spiro atoms. The van der Waals surface area contributed by atoms with Crippen LogP contribution in [0, 0.1) is 0 Å². The monoisotopic (exact) mass is 237 g/mol. The summed E-state index contributed by atoms with van der Waals surface area (Å²) in [6, 6.07) is 2.24. The Morgan fingerprint density at radius 3 is 2.94 bits per heavy atom. The number of aromatic nitrogens is 2. The second-order valence-electron chi connectivity index (χ2n) is 4.92. The highest BCUT2D eigenvalue weighted by molar-refractivity contribution is 5.73. The van der Waals surface area contributed by atoms with Gasteiger partial charge in [0.25, 0.3) is 0 Å². The van der Waals surface area contributed by atoms with E-state index in [1.54, 1.807) is 0 Å². The summed E-state index contributed by atoms with van der Waals surface area (Å²) < 4.78 is 1.93. The molecule has 1 fully saturated rings. The Labute approximate surface area is 101 Å². The number of carboxylic acids is 1. The fourth-order valence-electron chi connectivity index (χ4n) is 2.20. The van der Waals surface area contributed by atoms with Gasteiger partial charge in [0.1, 0.15) is 6.04 Å². The van der Waals surface area contributed by atoms with E-state index in [2.05, 4.69) is 24.3 Å². The van der Waals surface area contributed by atoms with Crippen LogP contribution in [0.4, 0.5) is 0 Å². The van der Waals surface area contributed by atoms with Gasteiger partial charge in [-0.1, -0.05) is 0 Å². The van der Waals surface area contributed by atoms with Crippen LogP contribution in [0.1, 0.15) is 38.4 Å². The second-order valence-corrected chi connectivity index (χ2v) is 4.92. The summed E-state index contributed by atoms with van der Waals surface area (Å²) >= 11 is 0. The van der Waals surface area contributed by atoms with Crippen LogP contribution >= 0.6 is 0 Å². The molecule has 0 radical (unpaired) electrons. The Morgan fingerprint density at radius 1 is 1.65 bits per heavy atom. The Hall–Kier alpha value is -1.36. The van der Waals surface area contributed by atoms with Crippen LogP contribution in [-0.4, -0.2) is 32.9 Å². The van der Waals surface area contributed by atoms with E-state index >= 15 is 0 Å². The van der Waals surface area contributed by atoms with Crippen molar-refractivity contribution in [1.82, 2.24) is 15.1 Å². The smallest absolute Gasteiger partial charge is 0.320 e. The largest absolute Gasteiger partial charge is 0.480 e. The third-order valence-electron chi connectivity index (χ3n) is 3.19. The van der Waals surface area contributed by atoms with Crippen LogP contribution in [0.3, 0.4) is 0 Å². The number of hydrogen-bond acceptors (Lipinski definition) is 3. The van der Waals surface area contributed by atoms with Crippen LogP contribution < -0.4 is 5.32 Å². The number of hydrogen-bond donors (Lipinski definition) is 2. The van der Waals surface area contributed by atoms with Crippen LogP contribution in [0.5, 0.6) is 0 Å². The van der Waals surface area contributed by atoms with Gasteiger partial charge in [-0.25, -0.2) is 0 Å². The normalized spacial score (nSPS) is 24.4. The number of carbonyl (C=O) groups is 1. The van der Waals surface area contributed by atoms with Gasteiger partial charge in [-0.05, 0) is 32.8 Å². The molecular formula is C12H19N3O2. The molecule has 1 saturated heterocycles. The highest BCUT2D eigenvalue weighted by atomic mass is 16.4. The van der Waals surface area contributed by atoms with Crippen molar-refractivity contribution in [1.29, 1.82) is 0 Å². The van der Waals surface area contributed by atoms with Crippen molar-refractivity contribution in [2.45, 2.75) is 51.2 Å². The number of carboxylic acid groups (broad SMARTS) is 1. The molecule has 2 atom stereocenters. The summed E-state index contributed by atoms with van der Waals surface area (Å²) in [6.07, 6.45) is 4.41. The maximum Gasteiger partial charge on any atom is 0.320 e. The van der Waals surface area contributed by atoms with Gasteiger partial charge in [-0.2, -0.15) is 5.10 Å². The van der Waals surface area contributed by atoms with Crippen molar-refractivity contribution < 1.29 is 9.90 Å². The van der Waals surface area contributed by atoms with Crippen LogP contribution in [0.2, 0.25) is 0 Å². The summed E-state index contributed by atoms with van der Waals surface area (Å²) in [5, 5.41) is 16.5. The Morgan fingerprint density at radius 2 is 2.41 bits per heavy atom. The van der Waals surface area contributed by atoms with Crippen LogP contribution in [-0.2, 0) is 11.2 Å². The van der Waals surface area contributed by atoms with Crippen LogP contribution in [0.15, 0.2) is 12.3 Å². The molecule has 0 aliphatic carbocycles. The van der Waals surface area contributed by atoms with Gasteiger partial charge in [0.05, 0.1) is 5.69 Å². The fraction of sp³-hybridized carbons (Fsp3) is 0.667. The second kappa shape index (κ2) is 4.87. The maximum absolute atomic E-state index is 10.8. The Balaban J connectivity index is 1.91. The van der Waals surface area contributed by atoms with Crippen molar-refractivity contribution >= 4 is 5.97 Å². The van der Waals surface area contributed by atoms with Gasteiger partial charge < -0.3 is 10.4 Å². The molecule has 0 bridgehead atoms. The first-order valence-corrected chi connectivity index (χ1v) is 6.09. The number of nitrogens with one attached hydrogen (secondary N) is 1. The minimum absolute atomic E-state index is 0.242.